The second kappa shape index (κ2) is 8.82. The molecule has 4 aliphatic carbocycles. The Balaban J connectivity index is 1.65. The third-order valence-electron chi connectivity index (χ3n) is 11.5. The quantitative estimate of drug-likeness (QED) is 0.503. The van der Waals surface area contributed by atoms with Gasteiger partial charge in [-0.1, -0.05) is 34.1 Å². The van der Waals surface area contributed by atoms with Gasteiger partial charge in [0, 0.05) is 0 Å². The number of rotatable bonds is 6. The number of aliphatic imine (C=N–C) groups is 1. The van der Waals surface area contributed by atoms with Crippen LogP contribution in [0.1, 0.15) is 85.5 Å². The first-order valence-corrected chi connectivity index (χ1v) is 13.3. The lowest BCUT2D eigenvalue weighted by Gasteiger charge is -2.65. The van der Waals surface area contributed by atoms with Gasteiger partial charge < -0.3 is 20.7 Å². The predicted molar refractivity (Wildman–Crippen MR) is 130 cm³/mol. The topological polar surface area (TPSA) is 105 Å². The largest absolute Gasteiger partial charge is 0.450 e. The molecule has 0 aromatic heterocycles. The number of aliphatic hydroxyl groups excluding tert-OH is 2. The van der Waals surface area contributed by atoms with Crippen LogP contribution in [0.4, 0.5) is 4.79 Å². The van der Waals surface area contributed by atoms with Gasteiger partial charge in [0.25, 0.3) is 0 Å². The Kier molecular flexibility index (Phi) is 6.67. The van der Waals surface area contributed by atoms with Gasteiger partial charge in [-0.2, -0.15) is 0 Å². The first-order chi connectivity index (χ1) is 15.6. The molecule has 0 aliphatic heterocycles. The van der Waals surface area contributed by atoms with Gasteiger partial charge in [-0.3, -0.25) is 4.99 Å². The summed E-state index contributed by atoms with van der Waals surface area (Å²) in [5.74, 6) is 2.07. The second-order valence-corrected chi connectivity index (χ2v) is 12.3. The summed E-state index contributed by atoms with van der Waals surface area (Å²) in [5.41, 5.74) is 5.07. The molecule has 188 valence electrons. The lowest BCUT2D eigenvalue weighted by molar-refractivity contribution is -0.204. The third kappa shape index (κ3) is 3.57. The Morgan fingerprint density at radius 1 is 1.15 bits per heavy atom. The molecule has 0 radical (unpaired) electrons. The molecule has 0 aromatic rings. The van der Waals surface area contributed by atoms with Crippen LogP contribution in [-0.4, -0.2) is 47.4 Å². The maximum atomic E-state index is 11.9. The Morgan fingerprint density at radius 2 is 1.85 bits per heavy atom. The average Bonchev–Trinajstić information content (AvgIpc) is 3.08. The van der Waals surface area contributed by atoms with E-state index in [1.165, 1.54) is 0 Å². The van der Waals surface area contributed by atoms with E-state index in [1.807, 2.05) is 0 Å². The smallest absolute Gasteiger partial charge is 0.404 e. The maximum Gasteiger partial charge on any atom is 0.404 e. The van der Waals surface area contributed by atoms with Gasteiger partial charge in [0.05, 0.1) is 24.4 Å². The molecule has 1 amide bonds. The molecule has 0 spiro atoms. The van der Waals surface area contributed by atoms with E-state index in [1.54, 1.807) is 0 Å². The van der Waals surface area contributed by atoms with E-state index in [4.69, 9.17) is 15.5 Å². The number of ether oxygens (including phenoxy) is 1. The highest BCUT2D eigenvalue weighted by Crippen LogP contribution is 2.71. The highest BCUT2D eigenvalue weighted by Gasteiger charge is 2.68. The van der Waals surface area contributed by atoms with Crippen molar-refractivity contribution in [3.63, 3.8) is 0 Å². The number of carbonyl (C=O) groups excluding carboxylic acids is 1. The molecule has 6 nitrogen and oxygen atoms in total. The number of fused-ring (bicyclic) bond motifs is 5. The first kappa shape index (κ1) is 25.0. The van der Waals surface area contributed by atoms with Crippen molar-refractivity contribution in [3.05, 3.63) is 0 Å². The van der Waals surface area contributed by atoms with Gasteiger partial charge in [0.1, 0.15) is 0 Å². The van der Waals surface area contributed by atoms with E-state index in [9.17, 15) is 15.0 Å². The molecular weight excluding hydrogens is 416 g/mol. The monoisotopic (exact) mass is 462 g/mol. The number of hydrogen-bond acceptors (Lipinski definition) is 5. The Hall–Kier alpha value is -1.14. The van der Waals surface area contributed by atoms with Gasteiger partial charge in [-0.25, -0.2) is 4.79 Å². The van der Waals surface area contributed by atoms with Crippen molar-refractivity contribution in [2.24, 2.45) is 57.1 Å². The van der Waals surface area contributed by atoms with Gasteiger partial charge in [-0.15, -0.1) is 0 Å². The van der Waals surface area contributed by atoms with E-state index in [0.717, 1.165) is 57.8 Å². The summed E-state index contributed by atoms with van der Waals surface area (Å²) >= 11 is 0. The van der Waals surface area contributed by atoms with E-state index < -0.39 is 6.09 Å². The number of carbonyl (C=O) groups is 1. The van der Waals surface area contributed by atoms with Crippen molar-refractivity contribution in [2.45, 2.75) is 103 Å². The molecule has 6 heteroatoms. The van der Waals surface area contributed by atoms with Crippen LogP contribution in [0.5, 0.6) is 0 Å². The number of hydrogen-bond donors (Lipinski definition) is 3. The minimum atomic E-state index is -0.727. The molecule has 0 aromatic carbocycles. The summed E-state index contributed by atoms with van der Waals surface area (Å²) < 4.78 is 5.06. The lowest BCUT2D eigenvalue weighted by atomic mass is 9.41. The van der Waals surface area contributed by atoms with Crippen LogP contribution in [0.2, 0.25) is 0 Å². The summed E-state index contributed by atoms with van der Waals surface area (Å²) in [6, 6.07) is 0. The van der Waals surface area contributed by atoms with Gasteiger partial charge >= 0.3 is 6.09 Å². The number of nitrogens with two attached hydrogens (primary N) is 1. The molecule has 4 aliphatic rings. The molecule has 11 atom stereocenters. The zero-order valence-corrected chi connectivity index (χ0v) is 21.1. The molecule has 0 bridgehead atoms. The van der Waals surface area contributed by atoms with Crippen LogP contribution >= 0.6 is 0 Å². The van der Waals surface area contributed by atoms with E-state index in [2.05, 4.69) is 34.4 Å². The number of nitrogens with zero attached hydrogens (tertiary/aromatic N) is 1. The SMILES string of the molecule is C=NC1([C@H](C)CCOC(N)=O)CCC2C3C(CCC21C)C1(C)CC[C@@H](O)CC1[C@@H](CC)[C@H]3O. The van der Waals surface area contributed by atoms with Crippen molar-refractivity contribution < 1.29 is 19.7 Å². The molecule has 0 saturated heterocycles. The van der Waals surface area contributed by atoms with Gasteiger partial charge in [0.2, 0.25) is 0 Å². The molecule has 7 unspecified atom stereocenters. The zero-order chi connectivity index (χ0) is 24.2. The second-order valence-electron chi connectivity index (χ2n) is 12.3. The predicted octanol–water partition coefficient (Wildman–Crippen LogP) is 4.56. The summed E-state index contributed by atoms with van der Waals surface area (Å²) in [7, 11) is 0. The fourth-order valence-corrected chi connectivity index (χ4v) is 9.81. The number of primary amides is 1. The van der Waals surface area contributed by atoms with Crippen molar-refractivity contribution in [3.8, 4) is 0 Å². The first-order valence-electron chi connectivity index (χ1n) is 13.3. The average molecular weight is 463 g/mol. The molecule has 4 saturated carbocycles. The van der Waals surface area contributed by atoms with Crippen molar-refractivity contribution in [1.29, 1.82) is 0 Å². The van der Waals surface area contributed by atoms with E-state index in [0.29, 0.717) is 24.4 Å². The highest BCUT2D eigenvalue weighted by molar-refractivity contribution is 5.64. The summed E-state index contributed by atoms with van der Waals surface area (Å²) in [6.45, 7) is 13.7. The Labute approximate surface area is 199 Å². The summed E-state index contributed by atoms with van der Waals surface area (Å²) in [6.07, 6.45) is 7.45. The zero-order valence-electron chi connectivity index (χ0n) is 21.1. The Morgan fingerprint density at radius 3 is 2.48 bits per heavy atom. The minimum absolute atomic E-state index is 0.0291. The van der Waals surface area contributed by atoms with Crippen LogP contribution in [-0.2, 0) is 4.74 Å². The van der Waals surface area contributed by atoms with Gasteiger partial charge in [0.15, 0.2) is 0 Å². The molecule has 4 rings (SSSR count). The van der Waals surface area contributed by atoms with Crippen LogP contribution in [0.25, 0.3) is 0 Å². The number of aliphatic hydroxyl groups is 2. The fourth-order valence-electron chi connectivity index (χ4n) is 9.81. The highest BCUT2D eigenvalue weighted by atomic mass is 16.5. The van der Waals surface area contributed by atoms with E-state index in [-0.39, 0.29) is 46.3 Å². The maximum absolute atomic E-state index is 11.9. The molecular formula is C27H46N2O4. The number of amides is 1. The fraction of sp³-hybridized carbons (Fsp3) is 0.926. The van der Waals surface area contributed by atoms with Crippen molar-refractivity contribution in [2.75, 3.05) is 6.61 Å². The lowest BCUT2D eigenvalue weighted by Crippen LogP contribution is -2.63. The molecule has 4 fully saturated rings. The van der Waals surface area contributed by atoms with Crippen molar-refractivity contribution >= 4 is 12.8 Å². The standard InChI is InChI=1S/C27H46N2O4/c1-6-18-21-15-17(30)7-11-25(21,3)19-8-12-26(4)20(22(19)23(18)31)9-13-27(26,29-5)16(2)10-14-33-24(28)32/h16-23,30-31H,5-15H2,1-4H3,(H2,28,32)/t16-,17-,18-,19?,20?,21?,22?,23-,25?,26?,27?/m1/s1. The minimum Gasteiger partial charge on any atom is -0.450 e. The summed E-state index contributed by atoms with van der Waals surface area (Å²) in [5, 5.41) is 22.3. The van der Waals surface area contributed by atoms with Crippen LogP contribution in [0.3, 0.4) is 0 Å². The van der Waals surface area contributed by atoms with Gasteiger partial charge in [-0.05, 0) is 104 Å². The molecule has 4 N–H and O–H groups in total. The normalized spacial score (nSPS) is 49.9. The Bertz CT molecular complexity index is 760. The van der Waals surface area contributed by atoms with Crippen LogP contribution < -0.4 is 5.73 Å². The van der Waals surface area contributed by atoms with Crippen LogP contribution in [0.15, 0.2) is 4.99 Å². The third-order valence-corrected chi connectivity index (χ3v) is 11.5. The van der Waals surface area contributed by atoms with Crippen molar-refractivity contribution in [1.82, 2.24) is 0 Å². The van der Waals surface area contributed by atoms with Crippen LogP contribution in [0, 0.1) is 46.3 Å². The van der Waals surface area contributed by atoms with E-state index >= 15 is 0 Å². The summed E-state index contributed by atoms with van der Waals surface area (Å²) in [4.78, 5) is 15.9. The molecule has 33 heavy (non-hydrogen) atoms. The molecule has 0 heterocycles.